The summed E-state index contributed by atoms with van der Waals surface area (Å²) in [6.45, 7) is 4.41. The minimum atomic E-state index is 0.414. The van der Waals surface area contributed by atoms with Gasteiger partial charge in [-0.05, 0) is 36.5 Å². The molecule has 1 heteroatoms. The zero-order valence-electron chi connectivity index (χ0n) is 7.47. The molecule has 0 N–H and O–H groups in total. The van der Waals surface area contributed by atoms with Crippen LogP contribution in [0.5, 0.6) is 0 Å². The topological polar surface area (TPSA) is 9.23 Å². The van der Waals surface area contributed by atoms with Crippen molar-refractivity contribution in [1.82, 2.24) is 0 Å². The first kappa shape index (κ1) is 7.60. The van der Waals surface area contributed by atoms with E-state index in [0.717, 1.165) is 11.8 Å². The summed E-state index contributed by atoms with van der Waals surface area (Å²) < 4.78 is 5.16. The van der Waals surface area contributed by atoms with Crippen LogP contribution in [0.4, 0.5) is 0 Å². The van der Waals surface area contributed by atoms with Gasteiger partial charge in [-0.25, -0.2) is 0 Å². The molecule has 0 aliphatic heterocycles. The van der Waals surface area contributed by atoms with Gasteiger partial charge in [0, 0.05) is 7.11 Å². The average Bonchev–Trinajstić information content (AvgIpc) is 2.45. The number of hydrogen-bond acceptors (Lipinski definition) is 1. The predicted molar refractivity (Wildman–Crippen MR) is 44.9 cm³/mol. The highest BCUT2D eigenvalue weighted by Crippen LogP contribution is 2.56. The molecule has 0 aromatic rings. The minimum Gasteiger partial charge on any atom is -0.378 e. The van der Waals surface area contributed by atoms with E-state index >= 15 is 0 Å². The quantitative estimate of drug-likeness (QED) is 0.592. The Hall–Kier alpha value is -0.0400. The largest absolute Gasteiger partial charge is 0.378 e. The number of rotatable bonds is 2. The van der Waals surface area contributed by atoms with Gasteiger partial charge in [-0.1, -0.05) is 13.3 Å². The van der Waals surface area contributed by atoms with Gasteiger partial charge < -0.3 is 4.74 Å². The second-order valence-electron chi connectivity index (χ2n) is 4.44. The third-order valence-corrected chi connectivity index (χ3v) is 3.59. The van der Waals surface area contributed by atoms with Gasteiger partial charge in [-0.3, -0.25) is 0 Å². The maximum atomic E-state index is 5.16. The smallest absolute Gasteiger partial charge is 0.0894 e. The molecule has 2 aliphatic carbocycles. The number of fused-ring (bicyclic) bond motifs is 2. The van der Waals surface area contributed by atoms with Crippen molar-refractivity contribution in [2.75, 3.05) is 7.11 Å². The lowest BCUT2D eigenvalue weighted by atomic mass is 9.75. The van der Waals surface area contributed by atoms with E-state index in [9.17, 15) is 0 Å². The fourth-order valence-electron chi connectivity index (χ4n) is 3.06. The van der Waals surface area contributed by atoms with Gasteiger partial charge in [0.15, 0.2) is 0 Å². The summed E-state index contributed by atoms with van der Waals surface area (Å²) in [7, 11) is 1.78. The maximum absolute atomic E-state index is 5.16. The van der Waals surface area contributed by atoms with E-state index in [1.165, 1.54) is 25.7 Å². The van der Waals surface area contributed by atoms with Gasteiger partial charge in [0.2, 0.25) is 0 Å². The first-order chi connectivity index (χ1) is 5.24. The van der Waals surface area contributed by atoms with Crippen molar-refractivity contribution in [3.8, 4) is 0 Å². The summed E-state index contributed by atoms with van der Waals surface area (Å²) >= 11 is 0. The molecule has 63 valence electrons. The van der Waals surface area contributed by atoms with Crippen LogP contribution in [-0.2, 0) is 4.74 Å². The highest BCUT2D eigenvalue weighted by molar-refractivity contribution is 5.01. The molecule has 0 heterocycles. The number of hydrogen-bond donors (Lipinski definition) is 0. The Morgan fingerprint density at radius 2 is 2.27 bits per heavy atom. The summed E-state index contributed by atoms with van der Waals surface area (Å²) in [6.07, 6.45) is 5.72. The van der Waals surface area contributed by atoms with E-state index in [4.69, 9.17) is 4.74 Å². The molecular weight excluding hydrogens is 136 g/mol. The highest BCUT2D eigenvalue weighted by Gasteiger charge is 2.47. The standard InChI is InChI=1S/C10H17O/c1-10(7-11-2)6-8-3-4-9(10)5-8/h7-9H,3-6H2,1-2H3. The first-order valence-electron chi connectivity index (χ1n) is 4.62. The van der Waals surface area contributed by atoms with E-state index in [-0.39, 0.29) is 0 Å². The molecule has 0 aromatic carbocycles. The molecule has 2 bridgehead atoms. The van der Waals surface area contributed by atoms with Crippen LogP contribution >= 0.6 is 0 Å². The monoisotopic (exact) mass is 153 g/mol. The van der Waals surface area contributed by atoms with Gasteiger partial charge in [0.05, 0.1) is 6.61 Å². The molecule has 2 aliphatic rings. The van der Waals surface area contributed by atoms with Crippen LogP contribution in [0.3, 0.4) is 0 Å². The van der Waals surface area contributed by atoms with Crippen molar-refractivity contribution < 1.29 is 4.74 Å². The molecule has 0 amide bonds. The Morgan fingerprint density at radius 1 is 1.45 bits per heavy atom. The van der Waals surface area contributed by atoms with Crippen LogP contribution in [0.2, 0.25) is 0 Å². The van der Waals surface area contributed by atoms with E-state index in [0.29, 0.717) is 5.41 Å². The summed E-state index contributed by atoms with van der Waals surface area (Å²) in [5.41, 5.74) is 0.414. The molecule has 0 saturated heterocycles. The Labute approximate surface area is 69.1 Å². The molecule has 3 unspecified atom stereocenters. The zero-order chi connectivity index (χ0) is 7.90. The fourth-order valence-corrected chi connectivity index (χ4v) is 3.06. The summed E-state index contributed by atoms with van der Waals surface area (Å²) in [5, 5.41) is 0. The molecule has 2 fully saturated rings. The lowest BCUT2D eigenvalue weighted by molar-refractivity contribution is 0.113. The van der Waals surface area contributed by atoms with Crippen LogP contribution < -0.4 is 0 Å². The van der Waals surface area contributed by atoms with Crippen LogP contribution in [0.25, 0.3) is 0 Å². The Kier molecular flexibility index (Phi) is 1.71. The molecule has 3 atom stereocenters. The highest BCUT2D eigenvalue weighted by atomic mass is 16.5. The molecule has 0 aromatic heterocycles. The van der Waals surface area contributed by atoms with Gasteiger partial charge >= 0.3 is 0 Å². The molecule has 11 heavy (non-hydrogen) atoms. The van der Waals surface area contributed by atoms with E-state index in [2.05, 4.69) is 13.5 Å². The Morgan fingerprint density at radius 3 is 2.73 bits per heavy atom. The second kappa shape index (κ2) is 2.48. The van der Waals surface area contributed by atoms with Gasteiger partial charge in [-0.2, -0.15) is 0 Å². The van der Waals surface area contributed by atoms with Gasteiger partial charge in [0.25, 0.3) is 0 Å². The molecule has 2 rings (SSSR count). The first-order valence-corrected chi connectivity index (χ1v) is 4.62. The number of ether oxygens (including phenoxy) is 1. The van der Waals surface area contributed by atoms with Crippen molar-refractivity contribution in [3.05, 3.63) is 6.61 Å². The van der Waals surface area contributed by atoms with Crippen molar-refractivity contribution >= 4 is 0 Å². The third-order valence-electron chi connectivity index (χ3n) is 3.59. The predicted octanol–water partition coefficient (Wildman–Crippen LogP) is 2.62. The van der Waals surface area contributed by atoms with Crippen LogP contribution in [0.1, 0.15) is 32.6 Å². The Bertz CT molecular complexity index is 155. The maximum Gasteiger partial charge on any atom is 0.0894 e. The third kappa shape index (κ3) is 1.10. The summed E-state index contributed by atoms with van der Waals surface area (Å²) in [5.74, 6) is 1.93. The number of methoxy groups -OCH3 is 1. The molecule has 1 radical (unpaired) electrons. The second-order valence-corrected chi connectivity index (χ2v) is 4.44. The van der Waals surface area contributed by atoms with Crippen LogP contribution in [-0.4, -0.2) is 7.11 Å². The van der Waals surface area contributed by atoms with E-state index in [1.54, 1.807) is 7.11 Å². The molecule has 1 nitrogen and oxygen atoms in total. The van der Waals surface area contributed by atoms with Crippen molar-refractivity contribution in [3.63, 3.8) is 0 Å². The van der Waals surface area contributed by atoms with Crippen LogP contribution in [0.15, 0.2) is 0 Å². The lowest BCUT2D eigenvalue weighted by Crippen LogP contribution is -2.25. The summed E-state index contributed by atoms with van der Waals surface area (Å²) in [6, 6.07) is 0. The van der Waals surface area contributed by atoms with Gasteiger partial charge in [0.1, 0.15) is 0 Å². The fraction of sp³-hybridized carbons (Fsp3) is 0.900. The van der Waals surface area contributed by atoms with E-state index in [1.807, 2.05) is 0 Å². The normalized spacial score (nSPS) is 48.5. The van der Waals surface area contributed by atoms with Gasteiger partial charge in [-0.15, -0.1) is 0 Å². The van der Waals surface area contributed by atoms with Crippen LogP contribution in [0, 0.1) is 23.9 Å². The van der Waals surface area contributed by atoms with E-state index < -0.39 is 0 Å². The average molecular weight is 153 g/mol. The minimum absolute atomic E-state index is 0.414. The SMILES string of the molecule is CO[CH]C1(C)CC2CCC1C2. The molecular formula is C10H17O. The molecule has 0 spiro atoms. The van der Waals surface area contributed by atoms with Crippen molar-refractivity contribution in [2.45, 2.75) is 32.6 Å². The summed E-state index contributed by atoms with van der Waals surface area (Å²) in [4.78, 5) is 0. The lowest BCUT2D eigenvalue weighted by Gasteiger charge is -2.32. The van der Waals surface area contributed by atoms with Crippen molar-refractivity contribution in [2.24, 2.45) is 17.3 Å². The van der Waals surface area contributed by atoms with Crippen molar-refractivity contribution in [1.29, 1.82) is 0 Å². The molecule has 2 saturated carbocycles. The zero-order valence-corrected chi connectivity index (χ0v) is 7.47. The Balaban J connectivity index is 2.04.